The number of nitrogens with zero attached hydrogens (tertiary/aromatic N) is 1. The van der Waals surface area contributed by atoms with Gasteiger partial charge in [0.05, 0.1) is 0 Å². The number of likely N-dealkylation sites (tertiary alicyclic amines) is 1. The van der Waals surface area contributed by atoms with Gasteiger partial charge in [-0.1, -0.05) is 48.9 Å². The number of para-hydroxylation sites is 1. The van der Waals surface area contributed by atoms with E-state index in [1.165, 1.54) is 37.9 Å². The van der Waals surface area contributed by atoms with E-state index < -0.39 is 6.10 Å². The predicted octanol–water partition coefficient (Wildman–Crippen LogP) is 4.06. The van der Waals surface area contributed by atoms with Crippen LogP contribution in [0, 0.1) is 6.92 Å². The number of hydrogen-bond acceptors (Lipinski definition) is 3. The molecule has 1 saturated heterocycles. The lowest BCUT2D eigenvalue weighted by Crippen LogP contribution is -2.36. The molecule has 0 radical (unpaired) electrons. The maximum Gasteiger partial charge on any atom is 0.261 e. The van der Waals surface area contributed by atoms with Gasteiger partial charge in [-0.2, -0.15) is 0 Å². The van der Waals surface area contributed by atoms with Crippen LogP contribution in [0.15, 0.2) is 48.5 Å². The summed E-state index contributed by atoms with van der Waals surface area (Å²) in [5.41, 5.74) is 3.47. The van der Waals surface area contributed by atoms with Crippen molar-refractivity contribution in [3.05, 3.63) is 65.2 Å². The maximum absolute atomic E-state index is 12.3. The molecule has 1 amide bonds. The molecule has 4 heteroatoms. The highest BCUT2D eigenvalue weighted by Crippen LogP contribution is 2.18. The monoisotopic (exact) mass is 366 g/mol. The van der Waals surface area contributed by atoms with Crippen molar-refractivity contribution in [3.63, 3.8) is 0 Å². The Labute approximate surface area is 162 Å². The van der Waals surface area contributed by atoms with Crippen LogP contribution in [0.2, 0.25) is 0 Å². The number of piperidine rings is 1. The van der Waals surface area contributed by atoms with E-state index in [1.54, 1.807) is 6.92 Å². The van der Waals surface area contributed by atoms with Gasteiger partial charge in [0, 0.05) is 13.1 Å². The fourth-order valence-corrected chi connectivity index (χ4v) is 3.40. The standard InChI is InChI=1S/C23H30N2O2/c1-18-8-4-5-9-22(18)27-19(2)23(26)24-16-20-10-12-21(13-11-20)17-25-14-6-3-7-15-25/h4-5,8-13,19H,3,6-7,14-17H2,1-2H3,(H,24,26)/t19-/m1/s1. The molecular weight excluding hydrogens is 336 g/mol. The van der Waals surface area contributed by atoms with Crippen LogP contribution >= 0.6 is 0 Å². The van der Waals surface area contributed by atoms with Crippen molar-refractivity contribution in [1.82, 2.24) is 10.2 Å². The molecule has 3 rings (SSSR count). The first kappa shape index (κ1) is 19.4. The van der Waals surface area contributed by atoms with Crippen LogP contribution in [0.3, 0.4) is 0 Å². The van der Waals surface area contributed by atoms with Gasteiger partial charge in [-0.25, -0.2) is 0 Å². The molecule has 1 N–H and O–H groups in total. The highest BCUT2D eigenvalue weighted by molar-refractivity contribution is 5.80. The number of aryl methyl sites for hydroxylation is 1. The summed E-state index contributed by atoms with van der Waals surface area (Å²) in [7, 11) is 0. The highest BCUT2D eigenvalue weighted by Gasteiger charge is 2.15. The van der Waals surface area contributed by atoms with Gasteiger partial charge in [-0.15, -0.1) is 0 Å². The first-order valence-electron chi connectivity index (χ1n) is 9.92. The molecule has 0 bridgehead atoms. The molecule has 144 valence electrons. The van der Waals surface area contributed by atoms with Crippen molar-refractivity contribution in [2.45, 2.75) is 52.3 Å². The average molecular weight is 367 g/mol. The summed E-state index contributed by atoms with van der Waals surface area (Å²) in [5.74, 6) is 0.651. The Kier molecular flexibility index (Phi) is 6.88. The summed E-state index contributed by atoms with van der Waals surface area (Å²) in [6.45, 7) is 7.71. The molecule has 0 aromatic heterocycles. The SMILES string of the molecule is Cc1ccccc1O[C@H](C)C(=O)NCc1ccc(CN2CCCCC2)cc1. The van der Waals surface area contributed by atoms with Crippen LogP contribution in [0.4, 0.5) is 0 Å². The fourth-order valence-electron chi connectivity index (χ4n) is 3.40. The molecule has 0 aliphatic carbocycles. The van der Waals surface area contributed by atoms with E-state index in [0.29, 0.717) is 6.54 Å². The number of benzene rings is 2. The molecule has 1 aliphatic heterocycles. The molecule has 2 aromatic rings. The smallest absolute Gasteiger partial charge is 0.261 e. The number of nitrogens with one attached hydrogen (secondary N) is 1. The summed E-state index contributed by atoms with van der Waals surface area (Å²) in [4.78, 5) is 14.8. The van der Waals surface area contributed by atoms with Crippen molar-refractivity contribution >= 4 is 5.91 Å². The van der Waals surface area contributed by atoms with E-state index >= 15 is 0 Å². The summed E-state index contributed by atoms with van der Waals surface area (Å²) < 4.78 is 5.78. The van der Waals surface area contributed by atoms with Gasteiger partial charge in [0.25, 0.3) is 5.91 Å². The Balaban J connectivity index is 1.46. The number of amides is 1. The van der Waals surface area contributed by atoms with E-state index in [0.717, 1.165) is 23.4 Å². The first-order chi connectivity index (χ1) is 13.1. The van der Waals surface area contributed by atoms with Crippen molar-refractivity contribution in [2.75, 3.05) is 13.1 Å². The Morgan fingerprint density at radius 2 is 1.70 bits per heavy atom. The molecule has 0 unspecified atom stereocenters. The lowest BCUT2D eigenvalue weighted by atomic mass is 10.1. The largest absolute Gasteiger partial charge is 0.481 e. The molecular formula is C23H30N2O2. The number of carbonyl (C=O) groups is 1. The summed E-state index contributed by atoms with van der Waals surface area (Å²) in [6, 6.07) is 16.3. The van der Waals surface area contributed by atoms with Crippen molar-refractivity contribution < 1.29 is 9.53 Å². The number of hydrogen-bond donors (Lipinski definition) is 1. The highest BCUT2D eigenvalue weighted by atomic mass is 16.5. The summed E-state index contributed by atoms with van der Waals surface area (Å²) in [6.07, 6.45) is 3.46. The summed E-state index contributed by atoms with van der Waals surface area (Å²) in [5, 5.41) is 2.96. The predicted molar refractivity (Wildman–Crippen MR) is 109 cm³/mol. The number of ether oxygens (including phenoxy) is 1. The molecule has 4 nitrogen and oxygen atoms in total. The summed E-state index contributed by atoms with van der Waals surface area (Å²) >= 11 is 0. The van der Waals surface area contributed by atoms with Gasteiger partial charge >= 0.3 is 0 Å². The zero-order chi connectivity index (χ0) is 19.1. The molecule has 0 spiro atoms. The minimum Gasteiger partial charge on any atom is -0.481 e. The third-order valence-corrected chi connectivity index (χ3v) is 5.11. The Morgan fingerprint density at radius 1 is 1.04 bits per heavy atom. The average Bonchev–Trinajstić information content (AvgIpc) is 2.69. The number of carbonyl (C=O) groups excluding carboxylic acids is 1. The van der Waals surface area contributed by atoms with E-state index in [4.69, 9.17) is 4.74 Å². The Bertz CT molecular complexity index is 736. The zero-order valence-electron chi connectivity index (χ0n) is 16.4. The molecule has 27 heavy (non-hydrogen) atoms. The number of rotatable bonds is 7. The molecule has 1 heterocycles. The molecule has 1 atom stereocenters. The quantitative estimate of drug-likeness (QED) is 0.803. The van der Waals surface area contributed by atoms with Crippen molar-refractivity contribution in [2.24, 2.45) is 0 Å². The minimum atomic E-state index is -0.524. The van der Waals surface area contributed by atoms with E-state index in [-0.39, 0.29) is 5.91 Å². The third kappa shape index (κ3) is 5.83. The Morgan fingerprint density at radius 3 is 2.41 bits per heavy atom. The molecule has 2 aromatic carbocycles. The van der Waals surface area contributed by atoms with Crippen LogP contribution in [-0.2, 0) is 17.9 Å². The lowest BCUT2D eigenvalue weighted by molar-refractivity contribution is -0.127. The van der Waals surface area contributed by atoms with E-state index in [9.17, 15) is 4.79 Å². The van der Waals surface area contributed by atoms with Crippen LogP contribution in [0.1, 0.15) is 42.9 Å². The van der Waals surface area contributed by atoms with Crippen molar-refractivity contribution in [1.29, 1.82) is 0 Å². The Hall–Kier alpha value is -2.33. The maximum atomic E-state index is 12.3. The molecule has 1 fully saturated rings. The van der Waals surface area contributed by atoms with E-state index in [1.807, 2.05) is 31.2 Å². The van der Waals surface area contributed by atoms with Gasteiger partial charge in [-0.3, -0.25) is 9.69 Å². The van der Waals surface area contributed by atoms with Gasteiger partial charge in [-0.05, 0) is 62.5 Å². The van der Waals surface area contributed by atoms with E-state index in [2.05, 4.69) is 34.5 Å². The molecule has 1 aliphatic rings. The van der Waals surface area contributed by atoms with Crippen LogP contribution in [0.25, 0.3) is 0 Å². The second kappa shape index (κ2) is 9.56. The van der Waals surface area contributed by atoms with Gasteiger partial charge in [0.2, 0.25) is 0 Å². The van der Waals surface area contributed by atoms with Crippen LogP contribution < -0.4 is 10.1 Å². The third-order valence-electron chi connectivity index (χ3n) is 5.11. The van der Waals surface area contributed by atoms with Crippen LogP contribution in [0.5, 0.6) is 5.75 Å². The van der Waals surface area contributed by atoms with Crippen molar-refractivity contribution in [3.8, 4) is 5.75 Å². The lowest BCUT2D eigenvalue weighted by Gasteiger charge is -2.26. The minimum absolute atomic E-state index is 0.101. The topological polar surface area (TPSA) is 41.6 Å². The van der Waals surface area contributed by atoms with Gasteiger partial charge in [0.1, 0.15) is 5.75 Å². The normalized spacial score (nSPS) is 15.9. The molecule has 0 saturated carbocycles. The zero-order valence-corrected chi connectivity index (χ0v) is 16.4. The fraction of sp³-hybridized carbons (Fsp3) is 0.435. The van der Waals surface area contributed by atoms with Gasteiger partial charge in [0.15, 0.2) is 6.10 Å². The first-order valence-corrected chi connectivity index (χ1v) is 9.92. The second-order valence-electron chi connectivity index (χ2n) is 7.40. The van der Waals surface area contributed by atoms with Gasteiger partial charge < -0.3 is 10.1 Å². The van der Waals surface area contributed by atoms with Crippen LogP contribution in [-0.4, -0.2) is 30.0 Å². The second-order valence-corrected chi connectivity index (χ2v) is 7.40.